The molecular weight excluding hydrogens is 176 g/mol. The van der Waals surface area contributed by atoms with E-state index in [4.69, 9.17) is 4.74 Å². The summed E-state index contributed by atoms with van der Waals surface area (Å²) >= 11 is 0. The Morgan fingerprint density at radius 2 is 1.93 bits per heavy atom. The van der Waals surface area contributed by atoms with E-state index in [0.717, 1.165) is 26.2 Å². The summed E-state index contributed by atoms with van der Waals surface area (Å²) in [6.07, 6.45) is 4.58. The molecule has 3 heteroatoms. The monoisotopic (exact) mass is 200 g/mol. The molecule has 14 heavy (non-hydrogen) atoms. The first-order valence-electron chi connectivity index (χ1n) is 5.89. The zero-order chi connectivity index (χ0) is 10.2. The van der Waals surface area contributed by atoms with Crippen LogP contribution in [0, 0.1) is 0 Å². The summed E-state index contributed by atoms with van der Waals surface area (Å²) in [5.74, 6) is 0. The van der Waals surface area contributed by atoms with E-state index >= 15 is 0 Å². The highest BCUT2D eigenvalue weighted by atomic mass is 16.5. The van der Waals surface area contributed by atoms with E-state index in [9.17, 15) is 0 Å². The zero-order valence-electron chi connectivity index (χ0n) is 9.51. The largest absolute Gasteiger partial charge is 0.374 e. The topological polar surface area (TPSA) is 33.3 Å². The molecule has 2 unspecified atom stereocenters. The van der Waals surface area contributed by atoms with E-state index < -0.39 is 0 Å². The molecule has 0 amide bonds. The highest BCUT2D eigenvalue weighted by Crippen LogP contribution is 2.17. The molecule has 3 nitrogen and oxygen atoms in total. The van der Waals surface area contributed by atoms with E-state index in [1.165, 1.54) is 19.3 Å². The van der Waals surface area contributed by atoms with E-state index in [-0.39, 0.29) is 0 Å². The molecule has 1 aliphatic rings. The maximum atomic E-state index is 5.71. The Morgan fingerprint density at radius 1 is 1.14 bits per heavy atom. The van der Waals surface area contributed by atoms with Crippen LogP contribution in [0.1, 0.15) is 33.1 Å². The first-order valence-corrected chi connectivity index (χ1v) is 5.89. The van der Waals surface area contributed by atoms with Crippen molar-refractivity contribution in [1.29, 1.82) is 0 Å². The van der Waals surface area contributed by atoms with Crippen LogP contribution in [0.5, 0.6) is 0 Å². The summed E-state index contributed by atoms with van der Waals surface area (Å²) in [6.45, 7) is 8.60. The highest BCUT2D eigenvalue weighted by Gasteiger charge is 2.20. The Morgan fingerprint density at radius 3 is 2.57 bits per heavy atom. The fourth-order valence-corrected chi connectivity index (χ4v) is 1.78. The lowest BCUT2D eigenvalue weighted by Gasteiger charge is -2.12. The molecule has 1 aliphatic heterocycles. The minimum Gasteiger partial charge on any atom is -0.374 e. The average molecular weight is 200 g/mol. The molecule has 0 aromatic carbocycles. The molecular formula is C11H24N2O. The van der Waals surface area contributed by atoms with Gasteiger partial charge in [-0.3, -0.25) is 0 Å². The van der Waals surface area contributed by atoms with Gasteiger partial charge in [0.05, 0.1) is 12.2 Å². The summed E-state index contributed by atoms with van der Waals surface area (Å²) in [4.78, 5) is 0. The van der Waals surface area contributed by atoms with Gasteiger partial charge >= 0.3 is 0 Å². The van der Waals surface area contributed by atoms with Crippen LogP contribution in [0.3, 0.4) is 0 Å². The van der Waals surface area contributed by atoms with Gasteiger partial charge in [-0.2, -0.15) is 0 Å². The van der Waals surface area contributed by atoms with Crippen molar-refractivity contribution in [1.82, 2.24) is 10.6 Å². The standard InChI is InChI=1S/C11H24N2O/c1-3-6-12-7-8-13-9-11-5-4-10(2)14-11/h10-13H,3-9H2,1-2H3. The Labute approximate surface area is 87.6 Å². The number of ether oxygens (including phenoxy) is 1. The fourth-order valence-electron chi connectivity index (χ4n) is 1.78. The van der Waals surface area contributed by atoms with Crippen LogP contribution in [-0.4, -0.2) is 38.4 Å². The van der Waals surface area contributed by atoms with Crippen molar-refractivity contribution in [3.8, 4) is 0 Å². The number of hydrogen-bond donors (Lipinski definition) is 2. The third-order valence-electron chi connectivity index (χ3n) is 2.60. The average Bonchev–Trinajstić information content (AvgIpc) is 2.58. The third kappa shape index (κ3) is 4.94. The molecule has 0 bridgehead atoms. The molecule has 0 aliphatic carbocycles. The van der Waals surface area contributed by atoms with Crippen molar-refractivity contribution in [2.75, 3.05) is 26.2 Å². The second kappa shape index (κ2) is 7.21. The van der Waals surface area contributed by atoms with Gasteiger partial charge < -0.3 is 15.4 Å². The van der Waals surface area contributed by atoms with Crippen molar-refractivity contribution in [2.24, 2.45) is 0 Å². The predicted molar refractivity (Wildman–Crippen MR) is 59.6 cm³/mol. The van der Waals surface area contributed by atoms with Gasteiger partial charge in [0.15, 0.2) is 0 Å². The molecule has 0 aromatic rings. The van der Waals surface area contributed by atoms with Gasteiger partial charge in [-0.15, -0.1) is 0 Å². The maximum Gasteiger partial charge on any atom is 0.0704 e. The quantitative estimate of drug-likeness (QED) is 0.605. The van der Waals surface area contributed by atoms with Gasteiger partial charge in [-0.05, 0) is 32.7 Å². The van der Waals surface area contributed by atoms with Gasteiger partial charge in [0.25, 0.3) is 0 Å². The minimum atomic E-state index is 0.455. The van der Waals surface area contributed by atoms with Gasteiger partial charge in [0.2, 0.25) is 0 Å². The van der Waals surface area contributed by atoms with Crippen molar-refractivity contribution in [2.45, 2.75) is 45.3 Å². The highest BCUT2D eigenvalue weighted by molar-refractivity contribution is 4.72. The second-order valence-corrected chi connectivity index (χ2v) is 4.10. The summed E-state index contributed by atoms with van der Waals surface area (Å²) in [5, 5.41) is 6.79. The lowest BCUT2D eigenvalue weighted by atomic mass is 10.2. The van der Waals surface area contributed by atoms with Gasteiger partial charge in [0.1, 0.15) is 0 Å². The van der Waals surface area contributed by atoms with Crippen LogP contribution < -0.4 is 10.6 Å². The normalized spacial score (nSPS) is 27.0. The van der Waals surface area contributed by atoms with Crippen molar-refractivity contribution in [3.63, 3.8) is 0 Å². The summed E-state index contributed by atoms with van der Waals surface area (Å²) in [6, 6.07) is 0. The Balaban J connectivity index is 1.84. The van der Waals surface area contributed by atoms with Crippen molar-refractivity contribution in [3.05, 3.63) is 0 Å². The molecule has 2 N–H and O–H groups in total. The first-order chi connectivity index (χ1) is 6.83. The molecule has 1 fully saturated rings. The summed E-state index contributed by atoms with van der Waals surface area (Å²) in [5.41, 5.74) is 0. The Hall–Kier alpha value is -0.120. The van der Waals surface area contributed by atoms with Gasteiger partial charge in [0, 0.05) is 19.6 Å². The van der Waals surface area contributed by atoms with Crippen molar-refractivity contribution >= 4 is 0 Å². The van der Waals surface area contributed by atoms with Crippen LogP contribution in [0.15, 0.2) is 0 Å². The van der Waals surface area contributed by atoms with Gasteiger partial charge in [-0.1, -0.05) is 6.92 Å². The molecule has 1 rings (SSSR count). The Bertz CT molecular complexity index is 141. The van der Waals surface area contributed by atoms with Crippen LogP contribution >= 0.6 is 0 Å². The number of hydrogen-bond acceptors (Lipinski definition) is 3. The summed E-state index contributed by atoms with van der Waals surface area (Å²) in [7, 11) is 0. The zero-order valence-corrected chi connectivity index (χ0v) is 9.51. The smallest absolute Gasteiger partial charge is 0.0704 e. The second-order valence-electron chi connectivity index (χ2n) is 4.10. The van der Waals surface area contributed by atoms with E-state index in [2.05, 4.69) is 24.5 Å². The van der Waals surface area contributed by atoms with E-state index in [0.29, 0.717) is 12.2 Å². The third-order valence-corrected chi connectivity index (χ3v) is 2.60. The first kappa shape index (κ1) is 12.0. The van der Waals surface area contributed by atoms with Crippen LogP contribution in [0.25, 0.3) is 0 Å². The van der Waals surface area contributed by atoms with Crippen LogP contribution in [-0.2, 0) is 4.74 Å². The minimum absolute atomic E-state index is 0.455. The number of nitrogens with one attached hydrogen (secondary N) is 2. The van der Waals surface area contributed by atoms with Crippen LogP contribution in [0.2, 0.25) is 0 Å². The molecule has 0 radical (unpaired) electrons. The Kier molecular flexibility index (Phi) is 6.15. The van der Waals surface area contributed by atoms with Gasteiger partial charge in [-0.25, -0.2) is 0 Å². The molecule has 0 spiro atoms. The lowest BCUT2D eigenvalue weighted by Crippen LogP contribution is -2.33. The van der Waals surface area contributed by atoms with E-state index in [1.807, 2.05) is 0 Å². The maximum absolute atomic E-state index is 5.71. The molecule has 1 heterocycles. The van der Waals surface area contributed by atoms with Crippen molar-refractivity contribution < 1.29 is 4.74 Å². The SMILES string of the molecule is CCCNCCNCC1CCC(C)O1. The van der Waals surface area contributed by atoms with E-state index in [1.54, 1.807) is 0 Å². The molecule has 0 saturated carbocycles. The molecule has 1 saturated heterocycles. The molecule has 0 aromatic heterocycles. The fraction of sp³-hybridized carbons (Fsp3) is 1.00. The van der Waals surface area contributed by atoms with Crippen LogP contribution in [0.4, 0.5) is 0 Å². The number of rotatable bonds is 7. The predicted octanol–water partition coefficient (Wildman–Crippen LogP) is 1.14. The lowest BCUT2D eigenvalue weighted by molar-refractivity contribution is 0.0562. The molecule has 2 atom stereocenters. The summed E-state index contributed by atoms with van der Waals surface area (Å²) < 4.78 is 5.71. The molecule has 84 valence electrons.